The van der Waals surface area contributed by atoms with Crippen LogP contribution in [0.1, 0.15) is 25.1 Å². The fourth-order valence-electron chi connectivity index (χ4n) is 1.57. The zero-order valence-electron chi connectivity index (χ0n) is 11.9. The standard InChI is InChI=1S/C14H15Cl2N3OS/c1-8(2)20-13-11(15)4-10(5-12(13)16)6-17-19-14-18-9(3)7-21-14/h4-8H,1-3H3,(H,18,19)/b17-6-. The molecule has 0 aliphatic rings. The summed E-state index contributed by atoms with van der Waals surface area (Å²) in [4.78, 5) is 4.25. The quantitative estimate of drug-likeness (QED) is 0.614. The van der Waals surface area contributed by atoms with E-state index in [2.05, 4.69) is 15.5 Å². The van der Waals surface area contributed by atoms with Gasteiger partial charge < -0.3 is 4.74 Å². The van der Waals surface area contributed by atoms with Gasteiger partial charge in [-0.3, -0.25) is 5.43 Å². The third-order valence-electron chi connectivity index (χ3n) is 2.37. The van der Waals surface area contributed by atoms with E-state index in [0.29, 0.717) is 15.8 Å². The smallest absolute Gasteiger partial charge is 0.203 e. The maximum atomic E-state index is 6.18. The molecule has 2 aromatic rings. The molecular weight excluding hydrogens is 329 g/mol. The van der Waals surface area contributed by atoms with Crippen molar-refractivity contribution < 1.29 is 4.74 Å². The van der Waals surface area contributed by atoms with Crippen molar-refractivity contribution >= 4 is 45.9 Å². The van der Waals surface area contributed by atoms with Gasteiger partial charge in [0.05, 0.1) is 28.1 Å². The number of rotatable bonds is 5. The number of hydrazone groups is 1. The highest BCUT2D eigenvalue weighted by atomic mass is 35.5. The first-order chi connectivity index (χ1) is 9.95. The monoisotopic (exact) mass is 343 g/mol. The Bertz CT molecular complexity index is 632. The number of hydrogen-bond acceptors (Lipinski definition) is 5. The lowest BCUT2D eigenvalue weighted by Crippen LogP contribution is -2.06. The maximum absolute atomic E-state index is 6.18. The molecule has 21 heavy (non-hydrogen) atoms. The largest absolute Gasteiger partial charge is 0.488 e. The van der Waals surface area contributed by atoms with E-state index < -0.39 is 0 Å². The van der Waals surface area contributed by atoms with Crippen LogP contribution in [0.2, 0.25) is 10.0 Å². The first kappa shape index (κ1) is 16.1. The van der Waals surface area contributed by atoms with Gasteiger partial charge in [-0.1, -0.05) is 23.2 Å². The van der Waals surface area contributed by atoms with E-state index in [9.17, 15) is 0 Å². The van der Waals surface area contributed by atoms with Crippen LogP contribution in [0, 0.1) is 6.92 Å². The molecule has 2 rings (SSSR count). The van der Waals surface area contributed by atoms with Gasteiger partial charge in [-0.15, -0.1) is 11.3 Å². The Morgan fingerprint density at radius 2 is 2.00 bits per heavy atom. The fraction of sp³-hybridized carbons (Fsp3) is 0.286. The summed E-state index contributed by atoms with van der Waals surface area (Å²) in [7, 11) is 0. The van der Waals surface area contributed by atoms with Gasteiger partial charge in [-0.25, -0.2) is 4.98 Å². The number of ether oxygens (including phenoxy) is 1. The summed E-state index contributed by atoms with van der Waals surface area (Å²) in [6.45, 7) is 5.77. The first-order valence-corrected chi connectivity index (χ1v) is 7.96. The van der Waals surface area contributed by atoms with Crippen LogP contribution >= 0.6 is 34.5 Å². The molecule has 112 valence electrons. The minimum Gasteiger partial charge on any atom is -0.488 e. The van der Waals surface area contributed by atoms with Crippen molar-refractivity contribution in [2.24, 2.45) is 5.10 Å². The van der Waals surface area contributed by atoms with Gasteiger partial charge in [-0.2, -0.15) is 5.10 Å². The van der Waals surface area contributed by atoms with Gasteiger partial charge in [-0.05, 0) is 38.5 Å². The van der Waals surface area contributed by atoms with Crippen LogP contribution in [0.3, 0.4) is 0 Å². The number of aryl methyl sites for hydroxylation is 1. The van der Waals surface area contributed by atoms with E-state index >= 15 is 0 Å². The predicted octanol–water partition coefficient (Wildman–Crippen LogP) is 4.99. The average molecular weight is 344 g/mol. The molecule has 0 aliphatic heterocycles. The van der Waals surface area contributed by atoms with E-state index in [0.717, 1.165) is 16.4 Å². The lowest BCUT2D eigenvalue weighted by atomic mass is 10.2. The molecule has 4 nitrogen and oxygen atoms in total. The van der Waals surface area contributed by atoms with Crippen LogP contribution in [0.5, 0.6) is 5.75 Å². The van der Waals surface area contributed by atoms with Gasteiger partial charge >= 0.3 is 0 Å². The van der Waals surface area contributed by atoms with Gasteiger partial charge in [0.1, 0.15) is 0 Å². The Morgan fingerprint density at radius 1 is 1.33 bits per heavy atom. The molecule has 1 aromatic carbocycles. The Balaban J connectivity index is 2.10. The van der Waals surface area contributed by atoms with E-state index in [1.807, 2.05) is 26.2 Å². The summed E-state index contributed by atoms with van der Waals surface area (Å²) < 4.78 is 5.57. The van der Waals surface area contributed by atoms with Gasteiger partial charge in [0, 0.05) is 5.38 Å². The summed E-state index contributed by atoms with van der Waals surface area (Å²) in [5.41, 5.74) is 4.60. The number of benzene rings is 1. The number of nitrogens with one attached hydrogen (secondary N) is 1. The summed E-state index contributed by atoms with van der Waals surface area (Å²) in [5.74, 6) is 0.494. The van der Waals surface area contributed by atoms with Crippen molar-refractivity contribution in [2.75, 3.05) is 5.43 Å². The fourth-order valence-corrected chi connectivity index (χ4v) is 2.80. The van der Waals surface area contributed by atoms with Crippen molar-refractivity contribution in [3.05, 3.63) is 38.8 Å². The van der Waals surface area contributed by atoms with Crippen molar-refractivity contribution in [2.45, 2.75) is 26.9 Å². The molecular formula is C14H15Cl2N3OS. The number of aromatic nitrogens is 1. The van der Waals surface area contributed by atoms with Crippen molar-refractivity contribution in [1.29, 1.82) is 0 Å². The summed E-state index contributed by atoms with van der Waals surface area (Å²) >= 11 is 13.8. The SMILES string of the molecule is Cc1csc(N/N=C\c2cc(Cl)c(OC(C)C)c(Cl)c2)n1. The average Bonchev–Trinajstić information content (AvgIpc) is 2.79. The van der Waals surface area contributed by atoms with Gasteiger partial charge in [0.2, 0.25) is 5.13 Å². The molecule has 0 spiro atoms. The molecule has 0 radical (unpaired) electrons. The highest BCUT2D eigenvalue weighted by Crippen LogP contribution is 2.34. The Morgan fingerprint density at radius 3 is 2.52 bits per heavy atom. The predicted molar refractivity (Wildman–Crippen MR) is 90.3 cm³/mol. The second-order valence-corrected chi connectivity index (χ2v) is 6.32. The molecule has 0 fully saturated rings. The minimum atomic E-state index is 0.00864. The third-order valence-corrected chi connectivity index (χ3v) is 3.79. The number of hydrogen-bond donors (Lipinski definition) is 1. The van der Waals surface area contributed by atoms with Crippen LogP contribution in [0.15, 0.2) is 22.6 Å². The zero-order chi connectivity index (χ0) is 15.4. The summed E-state index contributed by atoms with van der Waals surface area (Å²) in [6.07, 6.45) is 1.64. The molecule has 1 heterocycles. The summed E-state index contributed by atoms with van der Waals surface area (Å²) in [5, 5.41) is 7.72. The highest BCUT2D eigenvalue weighted by molar-refractivity contribution is 7.13. The molecule has 0 unspecified atom stereocenters. The molecule has 1 aromatic heterocycles. The van der Waals surface area contributed by atoms with E-state index in [1.54, 1.807) is 18.3 Å². The normalized spacial score (nSPS) is 11.3. The second kappa shape index (κ2) is 7.11. The number of anilines is 1. The van der Waals surface area contributed by atoms with Crippen molar-refractivity contribution in [3.8, 4) is 5.75 Å². The van der Waals surface area contributed by atoms with Crippen molar-refractivity contribution in [1.82, 2.24) is 4.98 Å². The molecule has 0 atom stereocenters. The maximum Gasteiger partial charge on any atom is 0.203 e. The van der Waals surface area contributed by atoms with E-state index in [1.165, 1.54) is 11.3 Å². The first-order valence-electron chi connectivity index (χ1n) is 6.32. The molecule has 7 heteroatoms. The molecule has 1 N–H and O–H groups in total. The molecule has 0 bridgehead atoms. The second-order valence-electron chi connectivity index (χ2n) is 4.64. The topological polar surface area (TPSA) is 46.5 Å². The highest BCUT2D eigenvalue weighted by Gasteiger charge is 2.10. The van der Waals surface area contributed by atoms with Crippen LogP contribution < -0.4 is 10.2 Å². The minimum absolute atomic E-state index is 0.00864. The summed E-state index contributed by atoms with van der Waals surface area (Å²) in [6, 6.07) is 3.51. The van der Waals surface area contributed by atoms with Gasteiger partial charge in [0.25, 0.3) is 0 Å². The van der Waals surface area contributed by atoms with Crippen molar-refractivity contribution in [3.63, 3.8) is 0 Å². The van der Waals surface area contributed by atoms with Crippen LogP contribution in [0.25, 0.3) is 0 Å². The lowest BCUT2D eigenvalue weighted by Gasteiger charge is -2.13. The Labute approximate surface area is 137 Å². The van der Waals surface area contributed by atoms with Crippen LogP contribution in [-0.4, -0.2) is 17.3 Å². The molecule has 0 amide bonds. The van der Waals surface area contributed by atoms with E-state index in [-0.39, 0.29) is 6.10 Å². The van der Waals surface area contributed by atoms with Crippen LogP contribution in [-0.2, 0) is 0 Å². The molecule has 0 saturated heterocycles. The Hall–Kier alpha value is -1.30. The number of thiazole rings is 1. The Kier molecular flexibility index (Phi) is 5.45. The van der Waals surface area contributed by atoms with Gasteiger partial charge in [0.15, 0.2) is 5.75 Å². The zero-order valence-corrected chi connectivity index (χ0v) is 14.2. The lowest BCUT2D eigenvalue weighted by molar-refractivity contribution is 0.243. The molecule has 0 aliphatic carbocycles. The third kappa shape index (κ3) is 4.59. The number of nitrogens with zero attached hydrogens (tertiary/aromatic N) is 2. The number of halogens is 2. The van der Waals surface area contributed by atoms with Crippen LogP contribution in [0.4, 0.5) is 5.13 Å². The molecule has 0 saturated carbocycles. The van der Waals surface area contributed by atoms with E-state index in [4.69, 9.17) is 27.9 Å².